The Hall–Kier alpha value is -2.04. The molecule has 0 aliphatic heterocycles. The number of methoxy groups -OCH3 is 1. The van der Waals surface area contributed by atoms with Crippen LogP contribution >= 0.6 is 11.6 Å². The van der Waals surface area contributed by atoms with Gasteiger partial charge in [0.25, 0.3) is 0 Å². The van der Waals surface area contributed by atoms with E-state index in [1.54, 1.807) is 13.3 Å². The molecule has 21 heavy (non-hydrogen) atoms. The molecule has 0 amide bonds. The Morgan fingerprint density at radius 3 is 2.67 bits per heavy atom. The number of aliphatic hydroxyl groups excluding tert-OH is 1. The highest BCUT2D eigenvalue weighted by Gasteiger charge is 2.11. The number of rotatable bonds is 4. The van der Waals surface area contributed by atoms with Crippen molar-refractivity contribution in [3.63, 3.8) is 0 Å². The Balaban J connectivity index is 2.05. The van der Waals surface area contributed by atoms with Gasteiger partial charge in [0.05, 0.1) is 19.9 Å². The van der Waals surface area contributed by atoms with Crippen LogP contribution in [0.15, 0.2) is 42.6 Å². The molecular weight excluding hydrogens is 288 g/mol. The molecule has 0 atom stereocenters. The van der Waals surface area contributed by atoms with E-state index in [1.165, 1.54) is 0 Å². The molecule has 2 aromatic heterocycles. The van der Waals surface area contributed by atoms with Crippen LogP contribution in [-0.2, 0) is 13.2 Å². The summed E-state index contributed by atoms with van der Waals surface area (Å²) in [5, 5.41) is 11.2. The Morgan fingerprint density at radius 2 is 2.00 bits per heavy atom. The molecule has 0 aliphatic rings. The van der Waals surface area contributed by atoms with Crippen molar-refractivity contribution in [2.45, 2.75) is 13.2 Å². The fraction of sp³-hybridized carbons (Fsp3) is 0.188. The minimum atomic E-state index is -0.0355. The predicted molar refractivity (Wildman–Crippen MR) is 82.8 cm³/mol. The lowest BCUT2D eigenvalue weighted by atomic mass is 10.2. The summed E-state index contributed by atoms with van der Waals surface area (Å²) < 4.78 is 7.19. The topological polar surface area (TPSA) is 47.3 Å². The smallest absolute Gasteiger partial charge is 0.140 e. The number of halogens is 1. The number of fused-ring (bicyclic) bond motifs is 1. The van der Waals surface area contributed by atoms with E-state index in [4.69, 9.17) is 16.3 Å². The van der Waals surface area contributed by atoms with Gasteiger partial charge in [-0.05, 0) is 29.8 Å². The lowest BCUT2D eigenvalue weighted by Crippen LogP contribution is -2.05. The zero-order chi connectivity index (χ0) is 14.8. The Labute approximate surface area is 127 Å². The molecule has 0 radical (unpaired) electrons. The number of pyridine rings is 1. The molecule has 0 bridgehead atoms. The maximum atomic E-state index is 9.57. The van der Waals surface area contributed by atoms with Crippen molar-refractivity contribution < 1.29 is 9.84 Å². The monoisotopic (exact) mass is 302 g/mol. The third-order valence-corrected chi connectivity index (χ3v) is 3.70. The summed E-state index contributed by atoms with van der Waals surface area (Å²) in [6.45, 7) is 0.599. The third-order valence-electron chi connectivity index (χ3n) is 3.45. The summed E-state index contributed by atoms with van der Waals surface area (Å²) in [4.78, 5) is 4.44. The van der Waals surface area contributed by atoms with Gasteiger partial charge >= 0.3 is 0 Å². The summed E-state index contributed by atoms with van der Waals surface area (Å²) in [7, 11) is 1.61. The van der Waals surface area contributed by atoms with Crippen molar-refractivity contribution in [3.05, 3.63) is 58.9 Å². The van der Waals surface area contributed by atoms with Gasteiger partial charge in [0.15, 0.2) is 0 Å². The van der Waals surface area contributed by atoms with Crippen LogP contribution in [0.2, 0.25) is 5.02 Å². The molecular formula is C16H15ClN2O2. The van der Waals surface area contributed by atoms with E-state index >= 15 is 0 Å². The zero-order valence-corrected chi connectivity index (χ0v) is 12.3. The summed E-state index contributed by atoms with van der Waals surface area (Å²) >= 11 is 5.91. The standard InChI is InChI=1S/C16H15ClN2O2/c1-21-15-7-12-6-14(10-20)19(16(12)18-8-15)9-11-2-4-13(17)5-3-11/h2-8,20H,9-10H2,1H3. The average Bonchev–Trinajstić information content (AvgIpc) is 2.86. The first kappa shape index (κ1) is 13.9. The van der Waals surface area contributed by atoms with Gasteiger partial charge in [-0.1, -0.05) is 23.7 Å². The molecule has 0 spiro atoms. The molecule has 3 aromatic rings. The van der Waals surface area contributed by atoms with Crippen molar-refractivity contribution in [3.8, 4) is 5.75 Å². The lowest BCUT2D eigenvalue weighted by molar-refractivity contribution is 0.272. The quantitative estimate of drug-likeness (QED) is 0.805. The van der Waals surface area contributed by atoms with Crippen molar-refractivity contribution >= 4 is 22.6 Å². The first-order chi connectivity index (χ1) is 10.2. The van der Waals surface area contributed by atoms with Crippen LogP contribution in [0.4, 0.5) is 0 Å². The molecule has 0 aliphatic carbocycles. The molecule has 4 nitrogen and oxygen atoms in total. The second-order valence-corrected chi connectivity index (χ2v) is 5.23. The Bertz CT molecular complexity index is 766. The van der Waals surface area contributed by atoms with Crippen LogP contribution in [0.25, 0.3) is 11.0 Å². The Morgan fingerprint density at radius 1 is 1.24 bits per heavy atom. The van der Waals surface area contributed by atoms with E-state index in [2.05, 4.69) is 4.98 Å². The van der Waals surface area contributed by atoms with Gasteiger partial charge in [-0.3, -0.25) is 0 Å². The molecule has 2 heterocycles. The maximum Gasteiger partial charge on any atom is 0.140 e. The molecule has 108 valence electrons. The number of nitrogens with zero attached hydrogens (tertiary/aromatic N) is 2. The summed E-state index contributed by atoms with van der Waals surface area (Å²) in [5.74, 6) is 0.704. The fourth-order valence-corrected chi connectivity index (χ4v) is 2.50. The van der Waals surface area contributed by atoms with Gasteiger partial charge in [-0.15, -0.1) is 0 Å². The van der Waals surface area contributed by atoms with E-state index in [0.29, 0.717) is 17.3 Å². The van der Waals surface area contributed by atoms with E-state index in [-0.39, 0.29) is 6.61 Å². The van der Waals surface area contributed by atoms with Crippen LogP contribution in [0.3, 0.4) is 0 Å². The van der Waals surface area contributed by atoms with E-state index in [0.717, 1.165) is 22.3 Å². The SMILES string of the molecule is COc1cnc2c(c1)cc(CO)n2Cc1ccc(Cl)cc1. The molecule has 3 rings (SSSR count). The van der Waals surface area contributed by atoms with Crippen molar-refractivity contribution in [1.82, 2.24) is 9.55 Å². The molecule has 0 saturated heterocycles. The van der Waals surface area contributed by atoms with Crippen LogP contribution in [0.1, 0.15) is 11.3 Å². The van der Waals surface area contributed by atoms with Gasteiger partial charge in [-0.2, -0.15) is 0 Å². The molecule has 0 unspecified atom stereocenters. The second kappa shape index (κ2) is 5.76. The Kier molecular flexibility index (Phi) is 3.82. The predicted octanol–water partition coefficient (Wildman–Crippen LogP) is 3.24. The van der Waals surface area contributed by atoms with Crippen LogP contribution in [0.5, 0.6) is 5.75 Å². The molecule has 1 N–H and O–H groups in total. The lowest BCUT2D eigenvalue weighted by Gasteiger charge is -2.09. The minimum Gasteiger partial charge on any atom is -0.495 e. The molecule has 5 heteroatoms. The number of hydrogen-bond donors (Lipinski definition) is 1. The van der Waals surface area contributed by atoms with E-state index in [9.17, 15) is 5.11 Å². The van der Waals surface area contributed by atoms with Gasteiger partial charge in [0.2, 0.25) is 0 Å². The van der Waals surface area contributed by atoms with Crippen LogP contribution < -0.4 is 4.74 Å². The largest absolute Gasteiger partial charge is 0.495 e. The first-order valence-electron chi connectivity index (χ1n) is 6.58. The maximum absolute atomic E-state index is 9.57. The number of benzene rings is 1. The third kappa shape index (κ3) is 2.73. The second-order valence-electron chi connectivity index (χ2n) is 4.79. The van der Waals surface area contributed by atoms with Crippen LogP contribution in [-0.4, -0.2) is 21.8 Å². The number of aliphatic hydroxyl groups is 1. The van der Waals surface area contributed by atoms with Crippen molar-refractivity contribution in [1.29, 1.82) is 0 Å². The average molecular weight is 303 g/mol. The van der Waals surface area contributed by atoms with Gasteiger partial charge in [-0.25, -0.2) is 4.98 Å². The molecule has 1 aromatic carbocycles. The highest BCUT2D eigenvalue weighted by atomic mass is 35.5. The molecule has 0 fully saturated rings. The highest BCUT2D eigenvalue weighted by molar-refractivity contribution is 6.30. The summed E-state index contributed by atoms with van der Waals surface area (Å²) in [6, 6.07) is 11.5. The van der Waals surface area contributed by atoms with Crippen molar-refractivity contribution in [2.24, 2.45) is 0 Å². The zero-order valence-electron chi connectivity index (χ0n) is 11.6. The van der Waals surface area contributed by atoms with Gasteiger partial charge in [0, 0.05) is 22.6 Å². The number of aromatic nitrogens is 2. The number of ether oxygens (including phenoxy) is 1. The number of hydrogen-bond acceptors (Lipinski definition) is 3. The fourth-order valence-electron chi connectivity index (χ4n) is 2.37. The van der Waals surface area contributed by atoms with E-state index < -0.39 is 0 Å². The minimum absolute atomic E-state index is 0.0355. The van der Waals surface area contributed by atoms with E-state index in [1.807, 2.05) is 41.0 Å². The summed E-state index contributed by atoms with van der Waals surface area (Å²) in [5.41, 5.74) is 2.75. The van der Waals surface area contributed by atoms with Crippen LogP contribution in [0, 0.1) is 0 Å². The van der Waals surface area contributed by atoms with Gasteiger partial charge in [0.1, 0.15) is 11.4 Å². The van der Waals surface area contributed by atoms with Gasteiger partial charge < -0.3 is 14.4 Å². The normalized spacial score (nSPS) is 11.0. The highest BCUT2D eigenvalue weighted by Crippen LogP contribution is 2.23. The first-order valence-corrected chi connectivity index (χ1v) is 6.96. The molecule has 0 saturated carbocycles. The van der Waals surface area contributed by atoms with Crippen molar-refractivity contribution in [2.75, 3.05) is 7.11 Å². The summed E-state index contributed by atoms with van der Waals surface area (Å²) in [6.07, 6.45) is 1.68.